The van der Waals surface area contributed by atoms with Gasteiger partial charge in [-0.1, -0.05) is 18.2 Å². The van der Waals surface area contributed by atoms with Crippen molar-refractivity contribution in [3.8, 4) is 0 Å². The second kappa shape index (κ2) is 9.93. The van der Waals surface area contributed by atoms with Crippen molar-refractivity contribution in [3.63, 3.8) is 0 Å². The number of hydrogen-bond acceptors (Lipinski definition) is 6. The van der Waals surface area contributed by atoms with Crippen LogP contribution in [0.4, 0.5) is 5.69 Å². The molecule has 3 aromatic rings. The standard InChI is InChI=1S/C26H30N4O4S/c1-19-17-29(18-23-7-4-16-34-23)14-15-30(19)26(31)21-9-11-22(12-10-21)28-35(32,33)24-8-2-5-20-6-3-13-27-25(20)24/h2-3,5-6,8-13,19,23,28H,4,7,14-18H2,1H3/t19-,23?/m1/s1. The van der Waals surface area contributed by atoms with Gasteiger partial charge in [-0.25, -0.2) is 8.42 Å². The molecule has 2 saturated heterocycles. The fourth-order valence-electron chi connectivity index (χ4n) is 4.93. The SMILES string of the molecule is C[C@@H]1CN(CC2CCCO2)CCN1C(=O)c1ccc(NS(=O)(=O)c2cccc3cccnc23)cc1. The number of fused-ring (bicyclic) bond motifs is 1. The normalized spacial score (nSPS) is 21.3. The number of para-hydroxylation sites is 1. The molecule has 35 heavy (non-hydrogen) atoms. The number of sulfonamides is 1. The van der Waals surface area contributed by atoms with Crippen LogP contribution in [0.3, 0.4) is 0 Å². The molecule has 0 aliphatic carbocycles. The number of hydrogen-bond donors (Lipinski definition) is 1. The monoisotopic (exact) mass is 494 g/mol. The summed E-state index contributed by atoms with van der Waals surface area (Å²) >= 11 is 0. The Morgan fingerprint density at radius 1 is 1.11 bits per heavy atom. The number of benzene rings is 2. The van der Waals surface area contributed by atoms with Gasteiger partial charge in [0.25, 0.3) is 15.9 Å². The molecule has 0 radical (unpaired) electrons. The molecule has 2 aliphatic heterocycles. The second-order valence-corrected chi connectivity index (χ2v) is 10.9. The Morgan fingerprint density at radius 2 is 1.91 bits per heavy atom. The van der Waals surface area contributed by atoms with E-state index < -0.39 is 10.0 Å². The van der Waals surface area contributed by atoms with Gasteiger partial charge in [0.15, 0.2) is 0 Å². The highest BCUT2D eigenvalue weighted by atomic mass is 32.2. The number of nitrogens with zero attached hydrogens (tertiary/aromatic N) is 3. The van der Waals surface area contributed by atoms with Gasteiger partial charge in [0.2, 0.25) is 0 Å². The molecule has 9 heteroatoms. The van der Waals surface area contributed by atoms with Crippen LogP contribution in [-0.4, -0.2) is 74.0 Å². The van der Waals surface area contributed by atoms with Crippen LogP contribution in [0.1, 0.15) is 30.1 Å². The molecule has 2 fully saturated rings. The van der Waals surface area contributed by atoms with Crippen molar-refractivity contribution in [2.24, 2.45) is 0 Å². The number of amides is 1. The Balaban J connectivity index is 1.24. The summed E-state index contributed by atoms with van der Waals surface area (Å²) in [7, 11) is -3.84. The molecule has 2 aromatic carbocycles. The topological polar surface area (TPSA) is 91.8 Å². The number of nitrogens with one attached hydrogen (secondary N) is 1. The number of rotatable bonds is 6. The minimum atomic E-state index is -3.84. The smallest absolute Gasteiger partial charge is 0.264 e. The molecule has 8 nitrogen and oxygen atoms in total. The summed E-state index contributed by atoms with van der Waals surface area (Å²) in [6, 6.07) is 15.3. The molecule has 1 amide bonds. The molecule has 0 spiro atoms. The number of anilines is 1. The molecular weight excluding hydrogens is 464 g/mol. The molecule has 1 aromatic heterocycles. The van der Waals surface area contributed by atoms with E-state index in [9.17, 15) is 13.2 Å². The van der Waals surface area contributed by atoms with Crippen LogP contribution in [0.25, 0.3) is 10.9 Å². The van der Waals surface area contributed by atoms with E-state index in [1.54, 1.807) is 42.6 Å². The lowest BCUT2D eigenvalue weighted by Crippen LogP contribution is -2.55. The number of ether oxygens (including phenoxy) is 1. The Bertz CT molecular complexity index is 1300. The summed E-state index contributed by atoms with van der Waals surface area (Å²) in [5, 5.41) is 0.751. The van der Waals surface area contributed by atoms with Gasteiger partial charge in [-0.05, 0) is 56.2 Å². The van der Waals surface area contributed by atoms with Crippen LogP contribution >= 0.6 is 0 Å². The van der Waals surface area contributed by atoms with Gasteiger partial charge in [0.05, 0.1) is 11.6 Å². The molecule has 1 N–H and O–H groups in total. The Kier molecular flexibility index (Phi) is 6.73. The fraction of sp³-hybridized carbons (Fsp3) is 0.385. The predicted octanol–water partition coefficient (Wildman–Crippen LogP) is 3.36. The third kappa shape index (κ3) is 5.17. The van der Waals surface area contributed by atoms with Gasteiger partial charge in [-0.15, -0.1) is 0 Å². The maximum absolute atomic E-state index is 13.2. The molecule has 1 unspecified atom stereocenters. The van der Waals surface area contributed by atoms with E-state index in [2.05, 4.69) is 21.5 Å². The lowest BCUT2D eigenvalue weighted by molar-refractivity contribution is 0.0279. The van der Waals surface area contributed by atoms with Crippen LogP contribution in [0.5, 0.6) is 0 Å². The highest BCUT2D eigenvalue weighted by molar-refractivity contribution is 7.93. The third-order valence-corrected chi connectivity index (χ3v) is 8.14. The van der Waals surface area contributed by atoms with Crippen molar-refractivity contribution < 1.29 is 17.9 Å². The zero-order valence-corrected chi connectivity index (χ0v) is 20.6. The Hall–Kier alpha value is -3.01. The summed E-state index contributed by atoms with van der Waals surface area (Å²) in [5.41, 5.74) is 1.35. The number of pyridine rings is 1. The van der Waals surface area contributed by atoms with E-state index >= 15 is 0 Å². The lowest BCUT2D eigenvalue weighted by Gasteiger charge is -2.40. The van der Waals surface area contributed by atoms with Crippen LogP contribution in [0.15, 0.2) is 65.7 Å². The van der Waals surface area contributed by atoms with Gasteiger partial charge in [0.1, 0.15) is 4.90 Å². The minimum absolute atomic E-state index is 0.0399. The van der Waals surface area contributed by atoms with Gasteiger partial charge in [-0.3, -0.25) is 19.4 Å². The molecule has 3 heterocycles. The first-order chi connectivity index (χ1) is 16.9. The average Bonchev–Trinajstić information content (AvgIpc) is 3.37. The summed E-state index contributed by atoms with van der Waals surface area (Å²) in [6.07, 6.45) is 4.13. The number of carbonyl (C=O) groups is 1. The largest absolute Gasteiger partial charge is 0.377 e. The van der Waals surface area contributed by atoms with Crippen molar-refractivity contribution in [1.29, 1.82) is 0 Å². The van der Waals surface area contributed by atoms with Crippen LogP contribution in [0.2, 0.25) is 0 Å². The van der Waals surface area contributed by atoms with Crippen LogP contribution in [0, 0.1) is 0 Å². The number of aromatic nitrogens is 1. The molecule has 0 bridgehead atoms. The quantitative estimate of drug-likeness (QED) is 0.565. The molecule has 2 atom stereocenters. The first-order valence-corrected chi connectivity index (χ1v) is 13.5. The van der Waals surface area contributed by atoms with Gasteiger partial charge in [-0.2, -0.15) is 0 Å². The molecule has 2 aliphatic rings. The number of carbonyl (C=O) groups excluding carboxylic acids is 1. The van der Waals surface area contributed by atoms with Gasteiger partial charge < -0.3 is 9.64 Å². The van der Waals surface area contributed by atoms with Gasteiger partial charge in [0, 0.05) is 61.7 Å². The predicted molar refractivity (Wildman–Crippen MR) is 135 cm³/mol. The van der Waals surface area contributed by atoms with Crippen LogP contribution in [-0.2, 0) is 14.8 Å². The van der Waals surface area contributed by atoms with E-state index in [0.29, 0.717) is 29.4 Å². The van der Waals surface area contributed by atoms with E-state index in [4.69, 9.17) is 4.74 Å². The summed E-state index contributed by atoms with van der Waals surface area (Å²) in [6.45, 7) is 6.15. The summed E-state index contributed by atoms with van der Waals surface area (Å²) in [5.74, 6) is -0.0399. The molecular formula is C26H30N4O4S. The molecule has 0 saturated carbocycles. The van der Waals surface area contributed by atoms with Crippen LogP contribution < -0.4 is 4.72 Å². The van der Waals surface area contributed by atoms with E-state index in [0.717, 1.165) is 44.5 Å². The zero-order valence-electron chi connectivity index (χ0n) is 19.8. The van der Waals surface area contributed by atoms with Crippen molar-refractivity contribution in [3.05, 3.63) is 66.4 Å². The first kappa shape index (κ1) is 23.7. The highest BCUT2D eigenvalue weighted by Gasteiger charge is 2.30. The summed E-state index contributed by atoms with van der Waals surface area (Å²) < 4.78 is 34.4. The molecule has 184 valence electrons. The Labute approximate surface area is 205 Å². The zero-order chi connectivity index (χ0) is 24.4. The van der Waals surface area contributed by atoms with Crippen molar-refractivity contribution >= 4 is 32.5 Å². The second-order valence-electron chi connectivity index (χ2n) is 9.26. The minimum Gasteiger partial charge on any atom is -0.377 e. The molecule has 5 rings (SSSR count). The average molecular weight is 495 g/mol. The highest BCUT2D eigenvalue weighted by Crippen LogP contribution is 2.24. The third-order valence-electron chi connectivity index (χ3n) is 6.73. The van der Waals surface area contributed by atoms with E-state index in [1.807, 2.05) is 17.0 Å². The van der Waals surface area contributed by atoms with Crippen molar-refractivity contribution in [2.75, 3.05) is 37.5 Å². The maximum atomic E-state index is 13.2. The van der Waals surface area contributed by atoms with Gasteiger partial charge >= 0.3 is 0 Å². The van der Waals surface area contributed by atoms with E-state index in [-0.39, 0.29) is 16.8 Å². The lowest BCUT2D eigenvalue weighted by atomic mass is 10.1. The summed E-state index contributed by atoms with van der Waals surface area (Å²) in [4.78, 5) is 21.8. The van der Waals surface area contributed by atoms with Crippen molar-refractivity contribution in [2.45, 2.75) is 36.8 Å². The number of piperazine rings is 1. The maximum Gasteiger partial charge on any atom is 0.264 e. The Morgan fingerprint density at radius 3 is 2.66 bits per heavy atom. The van der Waals surface area contributed by atoms with Crippen molar-refractivity contribution in [1.82, 2.24) is 14.8 Å². The van der Waals surface area contributed by atoms with E-state index in [1.165, 1.54) is 6.07 Å². The fourth-order valence-corrected chi connectivity index (χ4v) is 6.17. The first-order valence-electron chi connectivity index (χ1n) is 12.0.